The second-order valence-electron chi connectivity index (χ2n) is 5.58. The van der Waals surface area contributed by atoms with Crippen LogP contribution >= 0.6 is 0 Å². The summed E-state index contributed by atoms with van der Waals surface area (Å²) in [5, 5.41) is 3.73. The van der Waals surface area contributed by atoms with Crippen molar-refractivity contribution < 1.29 is 4.42 Å². The number of rotatable bonds is 8. The van der Waals surface area contributed by atoms with Gasteiger partial charge >= 0.3 is 0 Å². The fourth-order valence-corrected chi connectivity index (χ4v) is 3.02. The molecule has 1 saturated heterocycles. The SMILES string of the molecule is CCCC(CC)NCC(c1ccco1)N1CCCC1. The summed E-state index contributed by atoms with van der Waals surface area (Å²) in [5.74, 6) is 1.11. The zero-order chi connectivity index (χ0) is 13.5. The van der Waals surface area contributed by atoms with Crippen molar-refractivity contribution in [3.8, 4) is 0 Å². The number of hydrogen-bond acceptors (Lipinski definition) is 3. The van der Waals surface area contributed by atoms with Crippen molar-refractivity contribution in [3.05, 3.63) is 24.2 Å². The van der Waals surface area contributed by atoms with E-state index in [4.69, 9.17) is 4.42 Å². The van der Waals surface area contributed by atoms with Gasteiger partial charge in [-0.1, -0.05) is 20.3 Å². The zero-order valence-corrected chi connectivity index (χ0v) is 12.4. The van der Waals surface area contributed by atoms with Gasteiger partial charge in [0.2, 0.25) is 0 Å². The predicted octanol–water partition coefficient (Wildman–Crippen LogP) is 3.58. The molecule has 2 atom stereocenters. The van der Waals surface area contributed by atoms with Crippen LogP contribution in [0.4, 0.5) is 0 Å². The van der Waals surface area contributed by atoms with Crippen LogP contribution < -0.4 is 5.32 Å². The number of nitrogens with one attached hydrogen (secondary N) is 1. The molecule has 0 aromatic carbocycles. The molecule has 1 aromatic rings. The molecule has 19 heavy (non-hydrogen) atoms. The molecule has 1 aliphatic heterocycles. The van der Waals surface area contributed by atoms with Crippen molar-refractivity contribution >= 4 is 0 Å². The average molecular weight is 264 g/mol. The summed E-state index contributed by atoms with van der Waals surface area (Å²) < 4.78 is 5.65. The third-order valence-corrected chi connectivity index (χ3v) is 4.18. The lowest BCUT2D eigenvalue weighted by molar-refractivity contribution is 0.203. The second-order valence-corrected chi connectivity index (χ2v) is 5.58. The smallest absolute Gasteiger partial charge is 0.122 e. The highest BCUT2D eigenvalue weighted by Crippen LogP contribution is 2.25. The molecular weight excluding hydrogens is 236 g/mol. The van der Waals surface area contributed by atoms with Crippen molar-refractivity contribution in [1.82, 2.24) is 10.2 Å². The Labute approximate surface area is 117 Å². The Morgan fingerprint density at radius 2 is 2.11 bits per heavy atom. The monoisotopic (exact) mass is 264 g/mol. The van der Waals surface area contributed by atoms with E-state index in [9.17, 15) is 0 Å². The number of likely N-dealkylation sites (tertiary alicyclic amines) is 1. The molecule has 0 amide bonds. The Kier molecular flexibility index (Phi) is 5.93. The lowest BCUT2D eigenvalue weighted by Gasteiger charge is -2.28. The first-order valence-corrected chi connectivity index (χ1v) is 7.86. The lowest BCUT2D eigenvalue weighted by atomic mass is 10.1. The summed E-state index contributed by atoms with van der Waals surface area (Å²) in [6.45, 7) is 7.95. The summed E-state index contributed by atoms with van der Waals surface area (Å²) in [5.41, 5.74) is 0. The maximum Gasteiger partial charge on any atom is 0.122 e. The summed E-state index contributed by atoms with van der Waals surface area (Å²) in [4.78, 5) is 2.56. The lowest BCUT2D eigenvalue weighted by Crippen LogP contribution is -2.38. The first kappa shape index (κ1) is 14.6. The Balaban J connectivity index is 1.94. The minimum absolute atomic E-state index is 0.406. The fourth-order valence-electron chi connectivity index (χ4n) is 3.02. The fraction of sp³-hybridized carbons (Fsp3) is 0.750. The van der Waals surface area contributed by atoms with Crippen LogP contribution in [0.3, 0.4) is 0 Å². The van der Waals surface area contributed by atoms with Crippen LogP contribution in [0.25, 0.3) is 0 Å². The summed E-state index contributed by atoms with van der Waals surface area (Å²) in [6.07, 6.45) is 8.16. The molecule has 3 heteroatoms. The molecule has 1 aromatic heterocycles. The number of furan rings is 1. The van der Waals surface area contributed by atoms with Crippen LogP contribution in [-0.4, -0.2) is 30.6 Å². The molecule has 0 spiro atoms. The minimum Gasteiger partial charge on any atom is -0.468 e. The van der Waals surface area contributed by atoms with Crippen molar-refractivity contribution in [3.63, 3.8) is 0 Å². The largest absolute Gasteiger partial charge is 0.468 e. The van der Waals surface area contributed by atoms with Gasteiger partial charge in [-0.05, 0) is 50.9 Å². The van der Waals surface area contributed by atoms with E-state index in [0.29, 0.717) is 12.1 Å². The van der Waals surface area contributed by atoms with Gasteiger partial charge in [0.25, 0.3) is 0 Å². The molecule has 0 bridgehead atoms. The molecule has 2 heterocycles. The van der Waals surface area contributed by atoms with Gasteiger partial charge in [-0.3, -0.25) is 4.90 Å². The number of nitrogens with zero attached hydrogens (tertiary/aromatic N) is 1. The molecule has 1 fully saturated rings. The maximum atomic E-state index is 5.65. The van der Waals surface area contributed by atoms with Crippen molar-refractivity contribution in [2.75, 3.05) is 19.6 Å². The highest BCUT2D eigenvalue weighted by molar-refractivity contribution is 5.06. The molecule has 1 aliphatic rings. The summed E-state index contributed by atoms with van der Waals surface area (Å²) in [7, 11) is 0. The van der Waals surface area contributed by atoms with Gasteiger partial charge in [-0.2, -0.15) is 0 Å². The molecule has 1 N–H and O–H groups in total. The molecule has 108 valence electrons. The van der Waals surface area contributed by atoms with Gasteiger partial charge in [0.15, 0.2) is 0 Å². The average Bonchev–Trinajstić information content (AvgIpc) is 3.11. The van der Waals surface area contributed by atoms with Gasteiger partial charge < -0.3 is 9.73 Å². The van der Waals surface area contributed by atoms with Gasteiger partial charge in [0.1, 0.15) is 5.76 Å². The summed E-state index contributed by atoms with van der Waals surface area (Å²) in [6, 6.07) is 5.17. The van der Waals surface area contributed by atoms with E-state index in [0.717, 1.165) is 12.3 Å². The highest BCUT2D eigenvalue weighted by atomic mass is 16.3. The van der Waals surface area contributed by atoms with Gasteiger partial charge in [-0.15, -0.1) is 0 Å². The van der Waals surface area contributed by atoms with Crippen LogP contribution in [0.1, 0.15) is 57.8 Å². The van der Waals surface area contributed by atoms with Gasteiger partial charge in [0, 0.05) is 12.6 Å². The molecule has 0 saturated carbocycles. The Morgan fingerprint density at radius 3 is 2.68 bits per heavy atom. The van der Waals surface area contributed by atoms with Crippen LogP contribution in [0.2, 0.25) is 0 Å². The maximum absolute atomic E-state index is 5.65. The van der Waals surface area contributed by atoms with E-state index in [1.807, 2.05) is 6.07 Å². The minimum atomic E-state index is 0.406. The molecule has 0 radical (unpaired) electrons. The van der Waals surface area contributed by atoms with Crippen molar-refractivity contribution in [2.45, 2.75) is 58.0 Å². The van der Waals surface area contributed by atoms with Crippen molar-refractivity contribution in [1.29, 1.82) is 0 Å². The van der Waals surface area contributed by atoms with Crippen molar-refractivity contribution in [2.24, 2.45) is 0 Å². The quantitative estimate of drug-likeness (QED) is 0.778. The molecule has 0 aliphatic carbocycles. The third kappa shape index (κ3) is 4.08. The highest BCUT2D eigenvalue weighted by Gasteiger charge is 2.25. The van der Waals surface area contributed by atoms with E-state index in [-0.39, 0.29) is 0 Å². The van der Waals surface area contributed by atoms with E-state index >= 15 is 0 Å². The molecule has 2 rings (SSSR count). The first-order chi connectivity index (χ1) is 9.35. The van der Waals surface area contributed by atoms with E-state index in [2.05, 4.69) is 30.1 Å². The van der Waals surface area contributed by atoms with Crippen LogP contribution in [0, 0.1) is 0 Å². The second kappa shape index (κ2) is 7.71. The predicted molar refractivity (Wildman–Crippen MR) is 79.2 cm³/mol. The normalized spacial score (nSPS) is 19.7. The van der Waals surface area contributed by atoms with Gasteiger partial charge in [0.05, 0.1) is 12.3 Å². The molecular formula is C16H28N2O. The summed E-state index contributed by atoms with van der Waals surface area (Å²) >= 11 is 0. The third-order valence-electron chi connectivity index (χ3n) is 4.18. The Morgan fingerprint density at radius 1 is 1.32 bits per heavy atom. The van der Waals surface area contributed by atoms with E-state index in [1.54, 1.807) is 6.26 Å². The van der Waals surface area contributed by atoms with Gasteiger partial charge in [-0.25, -0.2) is 0 Å². The number of hydrogen-bond donors (Lipinski definition) is 1. The van der Waals surface area contributed by atoms with Crippen LogP contribution in [0.5, 0.6) is 0 Å². The molecule has 3 nitrogen and oxygen atoms in total. The molecule has 2 unspecified atom stereocenters. The zero-order valence-electron chi connectivity index (χ0n) is 12.4. The topological polar surface area (TPSA) is 28.4 Å². The standard InChI is InChI=1S/C16H28N2O/c1-3-8-14(4-2)17-13-15(16-9-7-12-19-16)18-10-5-6-11-18/h7,9,12,14-15,17H,3-6,8,10-11,13H2,1-2H3. The van der Waals surface area contributed by atoms with Crippen LogP contribution in [0.15, 0.2) is 22.8 Å². The van der Waals surface area contributed by atoms with E-state index < -0.39 is 0 Å². The van der Waals surface area contributed by atoms with E-state index in [1.165, 1.54) is 45.2 Å². The Bertz CT molecular complexity index is 331. The Hall–Kier alpha value is -0.800. The van der Waals surface area contributed by atoms with Crippen LogP contribution in [-0.2, 0) is 0 Å². The first-order valence-electron chi connectivity index (χ1n) is 7.86.